The SMILES string of the molecule is CCC(C)(C)NS(=O)(=O)c1sccc1Br. The summed E-state index contributed by atoms with van der Waals surface area (Å²) in [6, 6.07) is 1.73. The minimum absolute atomic E-state index is 0.337. The highest BCUT2D eigenvalue weighted by Gasteiger charge is 2.26. The normalized spacial score (nSPS) is 13.1. The molecule has 15 heavy (non-hydrogen) atoms. The predicted octanol–water partition coefficient (Wildman–Crippen LogP) is 2.98. The number of sulfonamides is 1. The summed E-state index contributed by atoms with van der Waals surface area (Å²) >= 11 is 4.43. The molecule has 1 aromatic heterocycles. The number of hydrogen-bond acceptors (Lipinski definition) is 3. The van der Waals surface area contributed by atoms with Crippen molar-refractivity contribution >= 4 is 37.3 Å². The van der Waals surface area contributed by atoms with Gasteiger partial charge < -0.3 is 0 Å². The fourth-order valence-corrected chi connectivity index (χ4v) is 4.78. The van der Waals surface area contributed by atoms with Crippen molar-refractivity contribution in [2.45, 2.75) is 36.9 Å². The van der Waals surface area contributed by atoms with Crippen LogP contribution < -0.4 is 4.72 Å². The molecule has 1 aromatic rings. The average Bonchev–Trinajstić information content (AvgIpc) is 2.50. The first-order chi connectivity index (χ1) is 6.78. The Balaban J connectivity index is 3.01. The first-order valence-electron chi connectivity index (χ1n) is 4.55. The monoisotopic (exact) mass is 311 g/mol. The minimum atomic E-state index is -3.40. The lowest BCUT2D eigenvalue weighted by molar-refractivity contribution is 0.440. The zero-order valence-electron chi connectivity index (χ0n) is 8.87. The van der Waals surface area contributed by atoms with E-state index in [0.29, 0.717) is 8.68 Å². The predicted molar refractivity (Wildman–Crippen MR) is 66.7 cm³/mol. The molecule has 0 atom stereocenters. The van der Waals surface area contributed by atoms with E-state index in [9.17, 15) is 8.42 Å². The third-order valence-electron chi connectivity index (χ3n) is 2.12. The van der Waals surface area contributed by atoms with Crippen molar-refractivity contribution in [2.24, 2.45) is 0 Å². The van der Waals surface area contributed by atoms with Gasteiger partial charge in [0.2, 0.25) is 0 Å². The van der Waals surface area contributed by atoms with Crippen LogP contribution in [0.4, 0.5) is 0 Å². The maximum absolute atomic E-state index is 12.0. The second-order valence-electron chi connectivity index (χ2n) is 3.90. The molecule has 0 bridgehead atoms. The van der Waals surface area contributed by atoms with Crippen LogP contribution in [0.5, 0.6) is 0 Å². The molecule has 1 rings (SSSR count). The summed E-state index contributed by atoms with van der Waals surface area (Å²) in [7, 11) is -3.40. The molecule has 0 aliphatic carbocycles. The van der Waals surface area contributed by atoms with E-state index in [1.165, 1.54) is 11.3 Å². The Kier molecular flexibility index (Phi) is 3.97. The molecule has 6 heteroatoms. The summed E-state index contributed by atoms with van der Waals surface area (Å²) < 4.78 is 27.5. The molecule has 0 aliphatic heterocycles. The summed E-state index contributed by atoms with van der Waals surface area (Å²) in [5.41, 5.74) is -0.414. The molecule has 0 saturated heterocycles. The molecular weight excluding hydrogens is 298 g/mol. The summed E-state index contributed by atoms with van der Waals surface area (Å²) in [5.74, 6) is 0. The fraction of sp³-hybridized carbons (Fsp3) is 0.556. The van der Waals surface area contributed by atoms with Crippen LogP contribution in [0.2, 0.25) is 0 Å². The van der Waals surface area contributed by atoms with Gasteiger partial charge in [0, 0.05) is 10.0 Å². The first kappa shape index (κ1) is 13.2. The third kappa shape index (κ3) is 3.27. The van der Waals surface area contributed by atoms with Gasteiger partial charge >= 0.3 is 0 Å². The van der Waals surface area contributed by atoms with Gasteiger partial charge in [0.1, 0.15) is 4.21 Å². The van der Waals surface area contributed by atoms with Gasteiger partial charge in [-0.05, 0) is 47.6 Å². The van der Waals surface area contributed by atoms with E-state index in [2.05, 4.69) is 20.7 Å². The lowest BCUT2D eigenvalue weighted by Crippen LogP contribution is -2.42. The van der Waals surface area contributed by atoms with Crippen LogP contribution in [-0.4, -0.2) is 14.0 Å². The van der Waals surface area contributed by atoms with Crippen molar-refractivity contribution in [2.75, 3.05) is 0 Å². The highest BCUT2D eigenvalue weighted by molar-refractivity contribution is 9.10. The molecule has 1 heterocycles. The van der Waals surface area contributed by atoms with Gasteiger partial charge in [-0.3, -0.25) is 0 Å². The maximum Gasteiger partial charge on any atom is 0.251 e. The second kappa shape index (κ2) is 4.53. The van der Waals surface area contributed by atoms with E-state index in [-0.39, 0.29) is 0 Å². The van der Waals surface area contributed by atoms with E-state index in [1.807, 2.05) is 20.8 Å². The molecule has 0 amide bonds. The average molecular weight is 312 g/mol. The smallest absolute Gasteiger partial charge is 0.206 e. The number of thiophene rings is 1. The summed E-state index contributed by atoms with van der Waals surface area (Å²) in [6.07, 6.45) is 0.745. The summed E-state index contributed by atoms with van der Waals surface area (Å²) in [5, 5.41) is 1.75. The quantitative estimate of drug-likeness (QED) is 0.929. The van der Waals surface area contributed by atoms with Gasteiger partial charge in [-0.2, -0.15) is 0 Å². The molecule has 0 aromatic carbocycles. The lowest BCUT2D eigenvalue weighted by Gasteiger charge is -2.23. The van der Waals surface area contributed by atoms with Crippen molar-refractivity contribution in [1.29, 1.82) is 0 Å². The molecule has 0 aliphatic rings. The Morgan fingerprint density at radius 3 is 2.53 bits per heavy atom. The van der Waals surface area contributed by atoms with Crippen LogP contribution in [0.3, 0.4) is 0 Å². The molecular formula is C9H14BrNO2S2. The number of hydrogen-bond donors (Lipinski definition) is 1. The van der Waals surface area contributed by atoms with Crippen molar-refractivity contribution in [3.05, 3.63) is 15.9 Å². The minimum Gasteiger partial charge on any atom is -0.206 e. The van der Waals surface area contributed by atoms with Crippen molar-refractivity contribution in [1.82, 2.24) is 4.72 Å². The lowest BCUT2D eigenvalue weighted by atomic mass is 10.0. The van der Waals surface area contributed by atoms with Crippen LogP contribution in [0.25, 0.3) is 0 Å². The Bertz CT molecular complexity index is 437. The van der Waals surface area contributed by atoms with Crippen LogP contribution in [0.15, 0.2) is 20.1 Å². The maximum atomic E-state index is 12.0. The summed E-state index contributed by atoms with van der Waals surface area (Å²) in [4.78, 5) is 0. The van der Waals surface area contributed by atoms with Gasteiger partial charge in [0.15, 0.2) is 0 Å². The van der Waals surface area contributed by atoms with Gasteiger partial charge in [0.25, 0.3) is 10.0 Å². The molecule has 0 radical (unpaired) electrons. The Morgan fingerprint density at radius 1 is 1.53 bits per heavy atom. The largest absolute Gasteiger partial charge is 0.251 e. The molecule has 0 spiro atoms. The second-order valence-corrected chi connectivity index (χ2v) is 7.55. The zero-order chi connectivity index (χ0) is 11.7. The van der Waals surface area contributed by atoms with Crippen molar-refractivity contribution < 1.29 is 8.42 Å². The van der Waals surface area contributed by atoms with Crippen LogP contribution >= 0.6 is 27.3 Å². The summed E-state index contributed by atoms with van der Waals surface area (Å²) in [6.45, 7) is 5.68. The Labute approximate surface area is 103 Å². The number of rotatable bonds is 4. The molecule has 1 N–H and O–H groups in total. The van der Waals surface area contributed by atoms with Gasteiger partial charge in [-0.15, -0.1) is 11.3 Å². The van der Waals surface area contributed by atoms with E-state index in [0.717, 1.165) is 6.42 Å². The fourth-order valence-electron chi connectivity index (χ4n) is 0.954. The topological polar surface area (TPSA) is 46.2 Å². The van der Waals surface area contributed by atoms with E-state index in [1.54, 1.807) is 11.4 Å². The number of halogens is 1. The van der Waals surface area contributed by atoms with E-state index in [4.69, 9.17) is 0 Å². The van der Waals surface area contributed by atoms with E-state index >= 15 is 0 Å². The van der Waals surface area contributed by atoms with Gasteiger partial charge in [-0.1, -0.05) is 6.92 Å². The molecule has 3 nitrogen and oxygen atoms in total. The third-order valence-corrected chi connectivity index (χ3v) is 6.49. The molecule has 0 unspecified atom stereocenters. The molecule has 86 valence electrons. The van der Waals surface area contributed by atoms with Crippen LogP contribution in [0, 0.1) is 0 Å². The Hall–Kier alpha value is 0.0900. The van der Waals surface area contributed by atoms with Crippen molar-refractivity contribution in [3.8, 4) is 0 Å². The van der Waals surface area contributed by atoms with Gasteiger partial charge in [0.05, 0.1) is 0 Å². The molecule has 0 saturated carbocycles. The van der Waals surface area contributed by atoms with Crippen molar-refractivity contribution in [3.63, 3.8) is 0 Å². The van der Waals surface area contributed by atoms with Gasteiger partial charge in [-0.25, -0.2) is 13.1 Å². The number of nitrogens with one attached hydrogen (secondary N) is 1. The zero-order valence-corrected chi connectivity index (χ0v) is 12.1. The highest BCUT2D eigenvalue weighted by atomic mass is 79.9. The highest BCUT2D eigenvalue weighted by Crippen LogP contribution is 2.28. The van der Waals surface area contributed by atoms with Crippen LogP contribution in [0.1, 0.15) is 27.2 Å². The Morgan fingerprint density at radius 2 is 2.13 bits per heavy atom. The standard InChI is InChI=1S/C9H14BrNO2S2/c1-4-9(2,3)11-15(12,13)8-7(10)5-6-14-8/h5-6,11H,4H2,1-3H3. The van der Waals surface area contributed by atoms with E-state index < -0.39 is 15.6 Å². The molecule has 0 fully saturated rings. The first-order valence-corrected chi connectivity index (χ1v) is 7.71. The van der Waals surface area contributed by atoms with Crippen LogP contribution in [-0.2, 0) is 10.0 Å².